The molecule has 4 nitrogen and oxygen atoms in total. The summed E-state index contributed by atoms with van der Waals surface area (Å²) in [5.41, 5.74) is 1.45. The van der Waals surface area contributed by atoms with Crippen LogP contribution in [0.15, 0.2) is 6.07 Å². The van der Waals surface area contributed by atoms with E-state index in [1.54, 1.807) is 0 Å². The van der Waals surface area contributed by atoms with Crippen LogP contribution in [-0.4, -0.2) is 38.2 Å². The van der Waals surface area contributed by atoms with Crippen LogP contribution in [0.4, 0.5) is 0 Å². The van der Waals surface area contributed by atoms with Crippen molar-refractivity contribution in [1.82, 2.24) is 14.9 Å². The molecule has 2 aliphatic rings. The molecule has 1 saturated carbocycles. The first-order valence-corrected chi connectivity index (χ1v) is 10.7. The Labute approximate surface area is 160 Å². The van der Waals surface area contributed by atoms with Gasteiger partial charge in [0.15, 0.2) is 0 Å². The van der Waals surface area contributed by atoms with Gasteiger partial charge in [0.1, 0.15) is 10.7 Å². The first-order valence-electron chi connectivity index (χ1n) is 9.86. The smallest absolute Gasteiger partial charge is 0.127 e. The Morgan fingerprint density at radius 1 is 1.19 bits per heavy atom. The van der Waals surface area contributed by atoms with E-state index in [4.69, 9.17) is 9.97 Å². The van der Waals surface area contributed by atoms with Gasteiger partial charge >= 0.3 is 0 Å². The lowest BCUT2D eigenvalue weighted by atomic mass is 9.73. The number of hydrogen-bond acceptors (Lipinski definition) is 5. The van der Waals surface area contributed by atoms with E-state index in [9.17, 15) is 5.11 Å². The lowest BCUT2D eigenvalue weighted by molar-refractivity contribution is -0.122. The van der Waals surface area contributed by atoms with E-state index in [0.717, 1.165) is 29.4 Å². The number of aryl methyl sites for hydroxylation is 1. The van der Waals surface area contributed by atoms with E-state index in [1.165, 1.54) is 35.9 Å². The summed E-state index contributed by atoms with van der Waals surface area (Å²) in [6.07, 6.45) is 4.94. The molecular weight excluding hydrogens is 342 g/mol. The number of thiophene rings is 1. The van der Waals surface area contributed by atoms with Crippen LogP contribution in [0.2, 0.25) is 0 Å². The summed E-state index contributed by atoms with van der Waals surface area (Å²) in [6, 6.07) is 2.36. The zero-order chi connectivity index (χ0) is 18.7. The van der Waals surface area contributed by atoms with Gasteiger partial charge < -0.3 is 5.11 Å². The predicted molar refractivity (Wildman–Crippen MR) is 108 cm³/mol. The van der Waals surface area contributed by atoms with Gasteiger partial charge in [0.2, 0.25) is 0 Å². The van der Waals surface area contributed by atoms with Crippen molar-refractivity contribution in [2.45, 2.75) is 84.4 Å². The number of rotatable bonds is 3. The van der Waals surface area contributed by atoms with Crippen molar-refractivity contribution in [1.29, 1.82) is 0 Å². The lowest BCUT2D eigenvalue weighted by Gasteiger charge is -2.52. The molecule has 26 heavy (non-hydrogen) atoms. The van der Waals surface area contributed by atoms with Gasteiger partial charge in [-0.05, 0) is 63.9 Å². The minimum absolute atomic E-state index is 0.168. The maximum atomic E-state index is 10.0. The second kappa shape index (κ2) is 6.25. The van der Waals surface area contributed by atoms with E-state index < -0.39 is 0 Å². The third kappa shape index (κ3) is 3.19. The van der Waals surface area contributed by atoms with Gasteiger partial charge in [-0.25, -0.2) is 9.97 Å². The fraction of sp³-hybridized carbons (Fsp3) is 0.714. The summed E-state index contributed by atoms with van der Waals surface area (Å²) in [5.74, 6) is 1.53. The summed E-state index contributed by atoms with van der Waals surface area (Å²) in [6.45, 7) is 12.5. The molecule has 5 heteroatoms. The van der Waals surface area contributed by atoms with E-state index in [0.29, 0.717) is 11.3 Å². The number of fused-ring (bicyclic) bond motifs is 1. The topological polar surface area (TPSA) is 49.2 Å². The molecule has 4 rings (SSSR count). The molecule has 142 valence electrons. The maximum Gasteiger partial charge on any atom is 0.127 e. The van der Waals surface area contributed by atoms with Gasteiger partial charge in [0, 0.05) is 28.9 Å². The molecule has 1 aliphatic heterocycles. The highest BCUT2D eigenvalue weighted by molar-refractivity contribution is 7.18. The van der Waals surface area contributed by atoms with Crippen LogP contribution in [0.25, 0.3) is 10.2 Å². The molecule has 1 aliphatic carbocycles. The number of β-amino-alcohol motifs (C(OH)–C–C–N with tert-alkyl or cyclic N) is 1. The van der Waals surface area contributed by atoms with Crippen molar-refractivity contribution >= 4 is 21.6 Å². The molecule has 2 fully saturated rings. The van der Waals surface area contributed by atoms with Crippen molar-refractivity contribution < 1.29 is 5.11 Å². The molecule has 1 N–H and O–H groups in total. The van der Waals surface area contributed by atoms with Crippen molar-refractivity contribution in [3.63, 3.8) is 0 Å². The first kappa shape index (κ1) is 18.3. The molecule has 2 aromatic rings. The zero-order valence-corrected chi connectivity index (χ0v) is 17.5. The number of aliphatic hydroxyl groups excluding tert-OH is 1. The van der Waals surface area contributed by atoms with Gasteiger partial charge in [0.25, 0.3) is 0 Å². The minimum atomic E-state index is -0.246. The fourth-order valence-electron chi connectivity index (χ4n) is 4.34. The van der Waals surface area contributed by atoms with E-state index in [-0.39, 0.29) is 11.6 Å². The van der Waals surface area contributed by atoms with E-state index in [2.05, 4.69) is 38.7 Å². The quantitative estimate of drug-likeness (QED) is 0.851. The highest BCUT2D eigenvalue weighted by atomic mass is 32.1. The maximum absolute atomic E-state index is 10.0. The number of hydrogen-bond donors (Lipinski definition) is 1. The Bertz CT molecular complexity index is 816. The van der Waals surface area contributed by atoms with E-state index in [1.807, 2.05) is 18.3 Å². The van der Waals surface area contributed by atoms with Crippen LogP contribution >= 0.6 is 11.3 Å². The molecular formula is C21H31N3OS. The van der Waals surface area contributed by atoms with E-state index >= 15 is 0 Å². The van der Waals surface area contributed by atoms with Gasteiger partial charge in [-0.3, -0.25) is 4.90 Å². The number of aromatic nitrogens is 2. The standard InChI is InChI=1S/C21H31N3OS/c1-13-22-16(11-24-12-18(25)21(24,4)5)15-10-17(26-19(15)23-13)14-6-8-20(2,3)9-7-14/h10,14,18,25H,6-9,11-12H2,1-5H3. The van der Waals surface area contributed by atoms with Crippen molar-refractivity contribution in [2.75, 3.05) is 6.54 Å². The third-order valence-electron chi connectivity index (χ3n) is 6.71. The van der Waals surface area contributed by atoms with Crippen molar-refractivity contribution in [2.24, 2.45) is 5.41 Å². The monoisotopic (exact) mass is 373 g/mol. The average molecular weight is 374 g/mol. The lowest BCUT2D eigenvalue weighted by Crippen LogP contribution is -2.66. The Balaban J connectivity index is 1.62. The summed E-state index contributed by atoms with van der Waals surface area (Å²) >= 11 is 1.87. The Morgan fingerprint density at radius 2 is 1.88 bits per heavy atom. The predicted octanol–water partition coefficient (Wildman–Crippen LogP) is 4.64. The average Bonchev–Trinajstić information content (AvgIpc) is 2.98. The Morgan fingerprint density at radius 3 is 2.50 bits per heavy atom. The molecule has 1 saturated heterocycles. The highest BCUT2D eigenvalue weighted by Crippen LogP contribution is 2.45. The fourth-order valence-corrected chi connectivity index (χ4v) is 5.60. The molecule has 3 heterocycles. The third-order valence-corrected chi connectivity index (χ3v) is 7.90. The van der Waals surface area contributed by atoms with Crippen molar-refractivity contribution in [3.05, 3.63) is 22.5 Å². The molecule has 0 spiro atoms. The summed E-state index contributed by atoms with van der Waals surface area (Å²) in [7, 11) is 0. The van der Waals surface area contributed by atoms with Crippen LogP contribution in [0.5, 0.6) is 0 Å². The van der Waals surface area contributed by atoms with Crippen molar-refractivity contribution in [3.8, 4) is 0 Å². The Hall–Kier alpha value is -1.04. The second-order valence-electron chi connectivity index (χ2n) is 9.57. The number of aliphatic hydroxyl groups is 1. The molecule has 0 radical (unpaired) electrons. The molecule has 1 atom stereocenters. The van der Waals surface area contributed by atoms with Crippen LogP contribution < -0.4 is 0 Å². The molecule has 2 aromatic heterocycles. The van der Waals surface area contributed by atoms with Crippen LogP contribution in [0, 0.1) is 12.3 Å². The zero-order valence-electron chi connectivity index (χ0n) is 16.7. The normalized spacial score (nSPS) is 26.2. The number of nitrogens with zero attached hydrogens (tertiary/aromatic N) is 3. The van der Waals surface area contributed by atoms with Gasteiger partial charge in [-0.1, -0.05) is 13.8 Å². The van der Waals surface area contributed by atoms with Gasteiger partial charge in [-0.15, -0.1) is 11.3 Å². The SMILES string of the molecule is Cc1nc(CN2CC(O)C2(C)C)c2cc(C3CCC(C)(C)CC3)sc2n1. The molecule has 1 unspecified atom stereocenters. The number of likely N-dealkylation sites (tertiary alicyclic amines) is 1. The van der Waals surface area contributed by atoms with Crippen LogP contribution in [0.1, 0.15) is 75.7 Å². The summed E-state index contributed by atoms with van der Waals surface area (Å²) in [4.78, 5) is 14.4. The minimum Gasteiger partial charge on any atom is -0.390 e. The summed E-state index contributed by atoms with van der Waals surface area (Å²) < 4.78 is 0. The van der Waals surface area contributed by atoms with Crippen LogP contribution in [0.3, 0.4) is 0 Å². The molecule has 0 aromatic carbocycles. The Kier molecular flexibility index (Phi) is 4.41. The molecule has 0 bridgehead atoms. The summed E-state index contributed by atoms with van der Waals surface area (Å²) in [5, 5.41) is 11.3. The van der Waals surface area contributed by atoms with Crippen LogP contribution in [-0.2, 0) is 6.54 Å². The van der Waals surface area contributed by atoms with Gasteiger partial charge in [0.05, 0.1) is 11.8 Å². The highest BCUT2D eigenvalue weighted by Gasteiger charge is 2.45. The molecule has 0 amide bonds. The second-order valence-corrected chi connectivity index (χ2v) is 10.6. The van der Waals surface area contributed by atoms with Gasteiger partial charge in [-0.2, -0.15) is 0 Å². The first-order chi connectivity index (χ1) is 12.2. The largest absolute Gasteiger partial charge is 0.390 e.